The van der Waals surface area contributed by atoms with Gasteiger partial charge in [-0.1, -0.05) is 64.3 Å². The topological polar surface area (TPSA) is 92.4 Å². The highest BCUT2D eigenvalue weighted by Crippen LogP contribution is 2.41. The molecule has 0 spiro atoms. The molecule has 4 aromatic rings. The van der Waals surface area contributed by atoms with Crippen molar-refractivity contribution in [3.8, 4) is 22.4 Å². The number of rotatable bonds is 6. The van der Waals surface area contributed by atoms with Crippen LogP contribution in [0.4, 0.5) is 5.69 Å². The van der Waals surface area contributed by atoms with E-state index in [1.807, 2.05) is 24.3 Å². The second-order valence-corrected chi connectivity index (χ2v) is 9.38. The SMILES string of the molecule is CCC(=O)c1oc2nc(-c3ccc(Br)cc3Cl)c(-c3ccc(Cl)cc3)cc2c1NC(=O)C(C)O. The van der Waals surface area contributed by atoms with Crippen LogP contribution in [0.2, 0.25) is 10.0 Å². The number of Topliss-reactive ketones (excluding diaryl/α,β-unsaturated/α-hetero) is 1. The highest BCUT2D eigenvalue weighted by atomic mass is 79.9. The van der Waals surface area contributed by atoms with Gasteiger partial charge < -0.3 is 14.8 Å². The summed E-state index contributed by atoms with van der Waals surface area (Å²) in [5, 5.41) is 13.8. The molecular weight excluding hydrogens is 543 g/mol. The number of nitrogens with zero attached hydrogens (tertiary/aromatic N) is 1. The molecule has 0 fully saturated rings. The van der Waals surface area contributed by atoms with Crippen LogP contribution in [0.3, 0.4) is 0 Å². The molecule has 1 atom stereocenters. The highest BCUT2D eigenvalue weighted by molar-refractivity contribution is 9.10. The first kappa shape index (κ1) is 24.4. The Labute approximate surface area is 214 Å². The molecule has 2 aromatic heterocycles. The quantitative estimate of drug-likeness (QED) is 0.244. The molecule has 1 amide bonds. The van der Waals surface area contributed by atoms with E-state index < -0.39 is 12.0 Å². The van der Waals surface area contributed by atoms with Crippen LogP contribution < -0.4 is 5.32 Å². The Morgan fingerprint density at radius 3 is 2.44 bits per heavy atom. The predicted octanol–water partition coefficient (Wildman–Crippen LogP) is 7.14. The monoisotopic (exact) mass is 560 g/mol. The fourth-order valence-electron chi connectivity index (χ4n) is 3.47. The van der Waals surface area contributed by atoms with Crippen molar-refractivity contribution in [3.63, 3.8) is 0 Å². The molecule has 0 bridgehead atoms. The summed E-state index contributed by atoms with van der Waals surface area (Å²) in [5.41, 5.74) is 3.01. The molecule has 2 N–H and O–H groups in total. The van der Waals surface area contributed by atoms with Gasteiger partial charge in [-0.25, -0.2) is 4.98 Å². The number of benzene rings is 2. The van der Waals surface area contributed by atoms with Crippen LogP contribution in [0.15, 0.2) is 57.4 Å². The van der Waals surface area contributed by atoms with Gasteiger partial charge in [0.2, 0.25) is 5.71 Å². The van der Waals surface area contributed by atoms with Crippen LogP contribution in [0, 0.1) is 0 Å². The summed E-state index contributed by atoms with van der Waals surface area (Å²) >= 11 is 16.1. The van der Waals surface area contributed by atoms with Crippen molar-refractivity contribution in [3.05, 3.63) is 68.8 Å². The second-order valence-electron chi connectivity index (χ2n) is 7.62. The molecular formula is C25H19BrCl2N2O4. The van der Waals surface area contributed by atoms with E-state index in [2.05, 4.69) is 21.2 Å². The maximum Gasteiger partial charge on any atom is 0.253 e. The number of hydrogen-bond acceptors (Lipinski definition) is 5. The predicted molar refractivity (Wildman–Crippen MR) is 138 cm³/mol. The molecule has 6 nitrogen and oxygen atoms in total. The van der Waals surface area contributed by atoms with Gasteiger partial charge in [0.25, 0.3) is 5.91 Å². The number of amides is 1. The number of hydrogen-bond donors (Lipinski definition) is 2. The lowest BCUT2D eigenvalue weighted by atomic mass is 9.98. The Hall–Kier alpha value is -2.71. The van der Waals surface area contributed by atoms with Crippen molar-refractivity contribution in [2.45, 2.75) is 26.4 Å². The van der Waals surface area contributed by atoms with Crippen molar-refractivity contribution in [1.82, 2.24) is 4.98 Å². The maximum absolute atomic E-state index is 12.6. The average molecular weight is 562 g/mol. The third-order valence-electron chi connectivity index (χ3n) is 5.23. The van der Waals surface area contributed by atoms with Gasteiger partial charge in [-0.2, -0.15) is 0 Å². The lowest BCUT2D eigenvalue weighted by Crippen LogP contribution is -2.25. The number of carbonyl (C=O) groups excluding carboxylic acids is 2. The van der Waals surface area contributed by atoms with Crippen molar-refractivity contribution in [1.29, 1.82) is 0 Å². The molecule has 0 saturated carbocycles. The standard InChI is InChI=1S/C25H19BrCl2N2O4/c1-3-20(32)23-22(29-24(33)12(2)31)18-11-17(13-4-7-15(27)8-5-13)21(30-25(18)34-23)16-9-6-14(26)10-19(16)28/h4-12,31H,3H2,1-2H3,(H,29,33). The van der Waals surface area contributed by atoms with Crippen LogP contribution in [-0.2, 0) is 4.79 Å². The third-order valence-corrected chi connectivity index (χ3v) is 6.28. The van der Waals surface area contributed by atoms with Crippen molar-refractivity contribution >= 4 is 67.6 Å². The number of fused-ring (bicyclic) bond motifs is 1. The first-order valence-electron chi connectivity index (χ1n) is 10.4. The van der Waals surface area contributed by atoms with E-state index in [0.717, 1.165) is 10.0 Å². The van der Waals surface area contributed by atoms with Crippen LogP contribution in [0.1, 0.15) is 30.8 Å². The Kier molecular flexibility index (Phi) is 7.09. The molecule has 9 heteroatoms. The first-order valence-corrected chi connectivity index (χ1v) is 12.0. The minimum atomic E-state index is -1.28. The van der Waals surface area contributed by atoms with E-state index in [-0.39, 0.29) is 29.4 Å². The van der Waals surface area contributed by atoms with E-state index in [1.165, 1.54) is 6.92 Å². The van der Waals surface area contributed by atoms with Crippen LogP contribution >= 0.6 is 39.1 Å². The highest BCUT2D eigenvalue weighted by Gasteiger charge is 2.26. The number of ketones is 1. The zero-order valence-electron chi connectivity index (χ0n) is 18.2. The number of anilines is 1. The summed E-state index contributed by atoms with van der Waals surface area (Å²) in [6, 6.07) is 14.4. The molecule has 0 aliphatic rings. The van der Waals surface area contributed by atoms with Crippen molar-refractivity contribution < 1.29 is 19.1 Å². The number of halogens is 3. The summed E-state index contributed by atoms with van der Waals surface area (Å²) in [4.78, 5) is 29.6. The fourth-order valence-corrected chi connectivity index (χ4v) is 4.36. The van der Waals surface area contributed by atoms with Crippen LogP contribution in [0.5, 0.6) is 0 Å². The zero-order chi connectivity index (χ0) is 24.6. The molecule has 34 heavy (non-hydrogen) atoms. The lowest BCUT2D eigenvalue weighted by Gasteiger charge is -2.12. The summed E-state index contributed by atoms with van der Waals surface area (Å²) in [7, 11) is 0. The largest absolute Gasteiger partial charge is 0.432 e. The Bertz CT molecular complexity index is 1410. The van der Waals surface area contributed by atoms with Crippen molar-refractivity contribution in [2.24, 2.45) is 0 Å². The molecule has 2 aromatic carbocycles. The molecule has 0 aliphatic carbocycles. The number of nitrogens with one attached hydrogen (secondary N) is 1. The summed E-state index contributed by atoms with van der Waals surface area (Å²) in [6.45, 7) is 3.03. The fraction of sp³-hybridized carbons (Fsp3) is 0.160. The van der Waals surface area contributed by atoms with Crippen LogP contribution in [-0.4, -0.2) is 27.9 Å². The second kappa shape index (κ2) is 9.88. The first-order chi connectivity index (χ1) is 16.2. The Morgan fingerprint density at radius 2 is 1.82 bits per heavy atom. The van der Waals surface area contributed by atoms with Gasteiger partial charge in [0.15, 0.2) is 11.5 Å². The molecule has 0 aliphatic heterocycles. The smallest absolute Gasteiger partial charge is 0.253 e. The van der Waals surface area contributed by atoms with Crippen LogP contribution in [0.25, 0.3) is 33.5 Å². The summed E-state index contributed by atoms with van der Waals surface area (Å²) in [5.74, 6) is -1.00. The summed E-state index contributed by atoms with van der Waals surface area (Å²) < 4.78 is 6.65. The molecule has 174 valence electrons. The number of furan rings is 1. The van der Waals surface area contributed by atoms with Gasteiger partial charge in [0, 0.05) is 27.0 Å². The van der Waals surface area contributed by atoms with Gasteiger partial charge in [-0.15, -0.1) is 0 Å². The maximum atomic E-state index is 12.6. The van der Waals surface area contributed by atoms with E-state index in [4.69, 9.17) is 32.6 Å². The Morgan fingerprint density at radius 1 is 1.12 bits per heavy atom. The minimum absolute atomic E-state index is 0.0277. The van der Waals surface area contributed by atoms with Gasteiger partial charge in [0.05, 0.1) is 16.1 Å². The van der Waals surface area contributed by atoms with Crippen molar-refractivity contribution in [2.75, 3.05) is 5.32 Å². The molecule has 0 radical (unpaired) electrons. The molecule has 4 rings (SSSR count). The van der Waals surface area contributed by atoms with Gasteiger partial charge in [-0.05, 0) is 42.8 Å². The normalized spacial score (nSPS) is 12.1. The van der Waals surface area contributed by atoms with E-state index in [1.54, 1.807) is 31.2 Å². The molecule has 1 unspecified atom stereocenters. The number of aliphatic hydroxyl groups excluding tert-OH is 1. The van der Waals surface area contributed by atoms with Gasteiger partial charge >= 0.3 is 0 Å². The minimum Gasteiger partial charge on any atom is -0.432 e. The molecule has 2 heterocycles. The Balaban J connectivity index is 2.04. The van der Waals surface area contributed by atoms with E-state index >= 15 is 0 Å². The van der Waals surface area contributed by atoms with Gasteiger partial charge in [-0.3, -0.25) is 9.59 Å². The average Bonchev–Trinajstić information content (AvgIpc) is 3.15. The van der Waals surface area contributed by atoms with E-state index in [9.17, 15) is 14.7 Å². The van der Waals surface area contributed by atoms with Gasteiger partial charge in [0.1, 0.15) is 11.8 Å². The number of aliphatic hydroxyl groups is 1. The zero-order valence-corrected chi connectivity index (χ0v) is 21.3. The lowest BCUT2D eigenvalue weighted by molar-refractivity contribution is -0.123. The molecule has 0 saturated heterocycles. The summed E-state index contributed by atoms with van der Waals surface area (Å²) in [6.07, 6.45) is -1.12. The third kappa shape index (κ3) is 4.74. The number of pyridine rings is 1. The van der Waals surface area contributed by atoms with E-state index in [0.29, 0.717) is 32.3 Å². The number of carbonyl (C=O) groups is 2. The number of aromatic nitrogens is 1.